The second-order valence-corrected chi connectivity index (χ2v) is 4.24. The lowest BCUT2D eigenvalue weighted by molar-refractivity contribution is -0.156. The fraction of sp³-hybridized carbons (Fsp3) is 0.800. The first-order chi connectivity index (χ1) is 6.53. The summed E-state index contributed by atoms with van der Waals surface area (Å²) in [4.78, 5) is 23.1. The Balaban J connectivity index is 2.83. The van der Waals surface area contributed by atoms with Crippen molar-refractivity contribution in [2.24, 2.45) is 5.92 Å². The maximum Gasteiger partial charge on any atom is 0.329 e. The molecule has 1 aliphatic carbocycles. The Morgan fingerprint density at radius 1 is 1.50 bits per heavy atom. The zero-order chi connectivity index (χ0) is 10.8. The number of nitrogens with zero attached hydrogens (tertiary/aromatic N) is 1. The van der Waals surface area contributed by atoms with Crippen molar-refractivity contribution in [1.29, 1.82) is 0 Å². The van der Waals surface area contributed by atoms with E-state index in [1.165, 1.54) is 4.90 Å². The Labute approximate surface area is 83.9 Å². The lowest BCUT2D eigenvalue weighted by Gasteiger charge is -2.40. The number of rotatable bonds is 3. The van der Waals surface area contributed by atoms with E-state index in [2.05, 4.69) is 6.92 Å². The van der Waals surface area contributed by atoms with Gasteiger partial charge in [0.25, 0.3) is 0 Å². The number of aliphatic carboxylic acids is 1. The lowest BCUT2D eigenvalue weighted by atomic mass is 9.76. The molecule has 0 bridgehead atoms. The molecule has 0 heterocycles. The minimum atomic E-state index is -0.950. The molecule has 4 heteroatoms. The molecule has 0 aliphatic heterocycles. The lowest BCUT2D eigenvalue weighted by Crippen LogP contribution is -2.54. The van der Waals surface area contributed by atoms with Crippen LogP contribution in [0.2, 0.25) is 0 Å². The van der Waals surface area contributed by atoms with E-state index in [0.29, 0.717) is 25.2 Å². The quantitative estimate of drug-likeness (QED) is 0.693. The number of hydrogen-bond acceptors (Lipinski definition) is 2. The molecule has 1 amide bonds. The third-order valence-corrected chi connectivity index (χ3v) is 3.33. The van der Waals surface area contributed by atoms with Crippen LogP contribution in [0.25, 0.3) is 0 Å². The SMILES string of the molecule is CC1CCC(C(=O)O)(N(C)C=O)CC1. The number of likely N-dealkylation sites (N-methyl/N-ethyl adjacent to an activating group) is 1. The molecular weight excluding hydrogens is 182 g/mol. The Morgan fingerprint density at radius 3 is 2.36 bits per heavy atom. The Hall–Kier alpha value is -1.06. The Bertz CT molecular complexity index is 232. The van der Waals surface area contributed by atoms with Gasteiger partial charge in [0, 0.05) is 7.05 Å². The van der Waals surface area contributed by atoms with Crippen LogP contribution in [0.5, 0.6) is 0 Å². The van der Waals surface area contributed by atoms with Crippen molar-refractivity contribution >= 4 is 12.4 Å². The fourth-order valence-corrected chi connectivity index (χ4v) is 2.06. The van der Waals surface area contributed by atoms with Gasteiger partial charge in [-0.2, -0.15) is 0 Å². The van der Waals surface area contributed by atoms with Gasteiger partial charge in [-0.1, -0.05) is 6.92 Å². The van der Waals surface area contributed by atoms with Crippen LogP contribution < -0.4 is 0 Å². The predicted molar refractivity (Wildman–Crippen MR) is 51.8 cm³/mol. The first-order valence-electron chi connectivity index (χ1n) is 4.94. The first-order valence-corrected chi connectivity index (χ1v) is 4.94. The molecular formula is C10H17NO3. The molecule has 0 unspecified atom stereocenters. The third-order valence-electron chi connectivity index (χ3n) is 3.33. The highest BCUT2D eigenvalue weighted by Gasteiger charge is 2.44. The topological polar surface area (TPSA) is 57.6 Å². The van der Waals surface area contributed by atoms with E-state index in [4.69, 9.17) is 0 Å². The molecule has 0 aromatic rings. The van der Waals surface area contributed by atoms with Gasteiger partial charge in [0.05, 0.1) is 0 Å². The first kappa shape index (κ1) is 11.0. The zero-order valence-corrected chi connectivity index (χ0v) is 8.69. The van der Waals surface area contributed by atoms with E-state index in [-0.39, 0.29) is 0 Å². The molecule has 0 saturated heterocycles. The molecule has 0 spiro atoms. The monoisotopic (exact) mass is 199 g/mol. The molecule has 80 valence electrons. The molecule has 1 rings (SSSR count). The van der Waals surface area contributed by atoms with Crippen LogP contribution in [0, 0.1) is 5.92 Å². The van der Waals surface area contributed by atoms with E-state index in [1.54, 1.807) is 7.05 Å². The van der Waals surface area contributed by atoms with Crippen molar-refractivity contribution in [2.75, 3.05) is 7.05 Å². The largest absolute Gasteiger partial charge is 0.479 e. The van der Waals surface area contributed by atoms with Gasteiger partial charge >= 0.3 is 5.97 Å². The fourth-order valence-electron chi connectivity index (χ4n) is 2.06. The molecule has 0 aromatic carbocycles. The van der Waals surface area contributed by atoms with Gasteiger partial charge < -0.3 is 10.0 Å². The summed E-state index contributed by atoms with van der Waals surface area (Å²) in [5.41, 5.74) is -0.950. The average molecular weight is 199 g/mol. The van der Waals surface area contributed by atoms with E-state index >= 15 is 0 Å². The van der Waals surface area contributed by atoms with Crippen molar-refractivity contribution < 1.29 is 14.7 Å². The molecule has 0 radical (unpaired) electrons. The van der Waals surface area contributed by atoms with Crippen molar-refractivity contribution in [3.63, 3.8) is 0 Å². The van der Waals surface area contributed by atoms with Crippen LogP contribution in [0.4, 0.5) is 0 Å². The van der Waals surface area contributed by atoms with Crippen LogP contribution in [0.1, 0.15) is 32.6 Å². The summed E-state index contributed by atoms with van der Waals surface area (Å²) in [5, 5.41) is 9.18. The molecule has 1 N–H and O–H groups in total. The summed E-state index contributed by atoms with van der Waals surface area (Å²) in [5.74, 6) is -0.304. The van der Waals surface area contributed by atoms with Gasteiger partial charge in [-0.05, 0) is 31.6 Å². The summed E-state index contributed by atoms with van der Waals surface area (Å²) in [6.45, 7) is 2.12. The number of carbonyl (C=O) groups is 2. The predicted octanol–water partition coefficient (Wildman–Crippen LogP) is 1.11. The summed E-state index contributed by atoms with van der Waals surface area (Å²) < 4.78 is 0. The summed E-state index contributed by atoms with van der Waals surface area (Å²) in [6.07, 6.45) is 3.51. The van der Waals surface area contributed by atoms with Crippen LogP contribution in [-0.4, -0.2) is 35.0 Å². The zero-order valence-electron chi connectivity index (χ0n) is 8.69. The maximum atomic E-state index is 11.2. The Kier molecular flexibility index (Phi) is 3.13. The Morgan fingerprint density at radius 2 is 2.00 bits per heavy atom. The van der Waals surface area contributed by atoms with E-state index in [0.717, 1.165) is 12.8 Å². The highest BCUT2D eigenvalue weighted by Crippen LogP contribution is 2.35. The second kappa shape index (κ2) is 3.98. The maximum absolute atomic E-state index is 11.2. The normalized spacial score (nSPS) is 32.3. The van der Waals surface area contributed by atoms with Crippen molar-refractivity contribution in [3.05, 3.63) is 0 Å². The van der Waals surface area contributed by atoms with Gasteiger partial charge in [0.15, 0.2) is 0 Å². The van der Waals surface area contributed by atoms with Crippen LogP contribution in [-0.2, 0) is 9.59 Å². The number of carboxylic acids is 1. The van der Waals surface area contributed by atoms with Crippen molar-refractivity contribution in [2.45, 2.75) is 38.1 Å². The van der Waals surface area contributed by atoms with Crippen molar-refractivity contribution in [1.82, 2.24) is 4.90 Å². The van der Waals surface area contributed by atoms with E-state index in [1.807, 2.05) is 0 Å². The molecule has 1 aliphatic rings. The molecule has 1 saturated carbocycles. The van der Waals surface area contributed by atoms with Crippen molar-refractivity contribution in [3.8, 4) is 0 Å². The standard InChI is InChI=1S/C10H17NO3/c1-8-3-5-10(6-4-8,9(13)14)11(2)7-12/h7-8H,3-6H2,1-2H3,(H,13,14). The minimum Gasteiger partial charge on any atom is -0.479 e. The highest BCUT2D eigenvalue weighted by molar-refractivity contribution is 5.81. The third kappa shape index (κ3) is 1.74. The molecule has 4 nitrogen and oxygen atoms in total. The van der Waals surface area contributed by atoms with Gasteiger partial charge in [-0.25, -0.2) is 4.79 Å². The molecule has 0 atom stereocenters. The number of carbonyl (C=O) groups excluding carboxylic acids is 1. The minimum absolute atomic E-state index is 0.568. The van der Waals surface area contributed by atoms with Crippen LogP contribution >= 0.6 is 0 Å². The molecule has 0 aromatic heterocycles. The highest BCUT2D eigenvalue weighted by atomic mass is 16.4. The molecule has 1 fully saturated rings. The average Bonchev–Trinajstić information content (AvgIpc) is 2.18. The van der Waals surface area contributed by atoms with E-state index < -0.39 is 11.5 Å². The summed E-state index contributed by atoms with van der Waals surface area (Å²) in [7, 11) is 1.55. The number of carboxylic acid groups (broad SMARTS) is 1. The van der Waals surface area contributed by atoms with Crippen LogP contribution in [0.3, 0.4) is 0 Å². The number of hydrogen-bond donors (Lipinski definition) is 1. The van der Waals surface area contributed by atoms with Gasteiger partial charge in [-0.3, -0.25) is 4.79 Å². The number of amides is 1. The second-order valence-electron chi connectivity index (χ2n) is 4.24. The summed E-state index contributed by atoms with van der Waals surface area (Å²) in [6, 6.07) is 0. The molecule has 14 heavy (non-hydrogen) atoms. The smallest absolute Gasteiger partial charge is 0.329 e. The van der Waals surface area contributed by atoms with Gasteiger partial charge in [0.1, 0.15) is 5.54 Å². The van der Waals surface area contributed by atoms with E-state index in [9.17, 15) is 14.7 Å². The van der Waals surface area contributed by atoms with Crippen LogP contribution in [0.15, 0.2) is 0 Å². The summed E-state index contributed by atoms with van der Waals surface area (Å²) >= 11 is 0. The van der Waals surface area contributed by atoms with Gasteiger partial charge in [0.2, 0.25) is 6.41 Å². The van der Waals surface area contributed by atoms with Gasteiger partial charge in [-0.15, -0.1) is 0 Å².